The van der Waals surface area contributed by atoms with Crippen LogP contribution in [-0.2, 0) is 10.0 Å². The fraction of sp³-hybridized carbons (Fsp3) is 0.571. The van der Waals surface area contributed by atoms with E-state index in [1.165, 1.54) is 4.31 Å². The summed E-state index contributed by atoms with van der Waals surface area (Å²) in [5.74, 6) is -0.00674. The second-order valence-electron chi connectivity index (χ2n) is 5.98. The van der Waals surface area contributed by atoms with E-state index in [1.807, 2.05) is 20.8 Å². The minimum atomic E-state index is -3.45. The van der Waals surface area contributed by atoms with Crippen LogP contribution in [0.5, 0.6) is 0 Å². The minimum Gasteiger partial charge on any atom is -0.396 e. The summed E-state index contributed by atoms with van der Waals surface area (Å²) in [5.41, 5.74) is 0.848. The molecule has 0 aliphatic carbocycles. The predicted molar refractivity (Wildman–Crippen MR) is 74.3 cm³/mol. The van der Waals surface area contributed by atoms with Crippen molar-refractivity contribution in [1.82, 2.24) is 4.31 Å². The van der Waals surface area contributed by atoms with Gasteiger partial charge in [-0.1, -0.05) is 31.5 Å². The van der Waals surface area contributed by atoms with E-state index in [1.54, 1.807) is 24.3 Å². The Bertz CT molecular complexity index is 549. The molecule has 1 heterocycles. The number of aliphatic hydroxyl groups is 1. The Balaban J connectivity index is 2.29. The van der Waals surface area contributed by atoms with E-state index in [0.29, 0.717) is 18.0 Å². The van der Waals surface area contributed by atoms with E-state index in [9.17, 15) is 13.5 Å². The molecule has 1 fully saturated rings. The van der Waals surface area contributed by atoms with Crippen molar-refractivity contribution in [2.24, 2.45) is 11.3 Å². The quantitative estimate of drug-likeness (QED) is 0.917. The minimum absolute atomic E-state index is 0.00674. The number of aliphatic hydroxyl groups excluding tert-OH is 1. The number of aryl methyl sites for hydroxylation is 1. The molecule has 0 spiro atoms. The van der Waals surface area contributed by atoms with Crippen molar-refractivity contribution in [3.63, 3.8) is 0 Å². The first-order valence-electron chi connectivity index (χ1n) is 6.45. The highest BCUT2D eigenvalue weighted by Crippen LogP contribution is 2.37. The van der Waals surface area contributed by atoms with Crippen molar-refractivity contribution < 1.29 is 13.5 Å². The van der Waals surface area contributed by atoms with Gasteiger partial charge >= 0.3 is 0 Å². The summed E-state index contributed by atoms with van der Waals surface area (Å²) in [6.45, 7) is 6.79. The normalized spacial score (nSPS) is 23.7. The van der Waals surface area contributed by atoms with Gasteiger partial charge in [0.1, 0.15) is 0 Å². The molecule has 5 heteroatoms. The zero-order valence-electron chi connectivity index (χ0n) is 11.6. The van der Waals surface area contributed by atoms with Gasteiger partial charge in [0.2, 0.25) is 10.0 Å². The van der Waals surface area contributed by atoms with Crippen LogP contribution in [0.15, 0.2) is 29.2 Å². The van der Waals surface area contributed by atoms with Gasteiger partial charge in [0.05, 0.1) is 4.90 Å². The van der Waals surface area contributed by atoms with E-state index in [-0.39, 0.29) is 17.9 Å². The fourth-order valence-corrected chi connectivity index (χ4v) is 4.15. The highest BCUT2D eigenvalue weighted by atomic mass is 32.2. The molecule has 0 amide bonds. The van der Waals surface area contributed by atoms with E-state index in [2.05, 4.69) is 0 Å². The van der Waals surface area contributed by atoms with Crippen molar-refractivity contribution >= 4 is 10.0 Å². The lowest BCUT2D eigenvalue weighted by Crippen LogP contribution is -2.30. The first-order chi connectivity index (χ1) is 8.77. The monoisotopic (exact) mass is 283 g/mol. The molecule has 0 bridgehead atoms. The van der Waals surface area contributed by atoms with Gasteiger partial charge in [0, 0.05) is 25.6 Å². The molecule has 0 saturated carbocycles. The van der Waals surface area contributed by atoms with Gasteiger partial charge in [-0.2, -0.15) is 4.31 Å². The average molecular weight is 283 g/mol. The fourth-order valence-electron chi connectivity index (χ4n) is 2.49. The zero-order chi connectivity index (χ0) is 14.3. The van der Waals surface area contributed by atoms with Crippen LogP contribution in [0.4, 0.5) is 0 Å². The van der Waals surface area contributed by atoms with Gasteiger partial charge < -0.3 is 5.11 Å². The standard InChI is InChI=1S/C14H21NO3S/c1-11-4-6-13(7-5-11)19(17,18)15-8-12(9-16)14(2,3)10-15/h4-7,12,16H,8-10H2,1-3H3. The van der Waals surface area contributed by atoms with E-state index >= 15 is 0 Å². The zero-order valence-corrected chi connectivity index (χ0v) is 12.4. The topological polar surface area (TPSA) is 57.6 Å². The van der Waals surface area contributed by atoms with Crippen LogP contribution in [0, 0.1) is 18.3 Å². The lowest BCUT2D eigenvalue weighted by Gasteiger charge is -2.23. The molecule has 1 saturated heterocycles. The molecule has 1 atom stereocenters. The maximum atomic E-state index is 12.5. The van der Waals surface area contributed by atoms with Gasteiger partial charge in [0.25, 0.3) is 0 Å². The van der Waals surface area contributed by atoms with Crippen molar-refractivity contribution in [3.05, 3.63) is 29.8 Å². The number of hydrogen-bond donors (Lipinski definition) is 1. The maximum Gasteiger partial charge on any atom is 0.243 e. The predicted octanol–water partition coefficient (Wildman–Crippen LogP) is 1.63. The molecule has 2 rings (SSSR count). The second kappa shape index (κ2) is 4.89. The summed E-state index contributed by atoms with van der Waals surface area (Å²) >= 11 is 0. The summed E-state index contributed by atoms with van der Waals surface area (Å²) in [5, 5.41) is 9.37. The summed E-state index contributed by atoms with van der Waals surface area (Å²) in [6, 6.07) is 6.89. The van der Waals surface area contributed by atoms with Crippen LogP contribution in [-0.4, -0.2) is 37.5 Å². The first-order valence-corrected chi connectivity index (χ1v) is 7.89. The summed E-state index contributed by atoms with van der Waals surface area (Å²) in [6.07, 6.45) is 0. The van der Waals surface area contributed by atoms with Gasteiger partial charge in [0.15, 0.2) is 0 Å². The molecule has 0 radical (unpaired) electrons. The Morgan fingerprint density at radius 2 is 1.89 bits per heavy atom. The number of nitrogens with zero attached hydrogens (tertiary/aromatic N) is 1. The lowest BCUT2D eigenvalue weighted by atomic mass is 9.83. The highest BCUT2D eigenvalue weighted by Gasteiger charge is 2.43. The van der Waals surface area contributed by atoms with Crippen LogP contribution < -0.4 is 0 Å². The second-order valence-corrected chi connectivity index (χ2v) is 7.92. The molecular formula is C14H21NO3S. The first kappa shape index (κ1) is 14.5. The molecular weight excluding hydrogens is 262 g/mol. The van der Waals surface area contributed by atoms with E-state index in [4.69, 9.17) is 0 Å². The third-order valence-electron chi connectivity index (χ3n) is 3.99. The van der Waals surface area contributed by atoms with Crippen molar-refractivity contribution in [2.75, 3.05) is 19.7 Å². The Morgan fingerprint density at radius 3 is 2.37 bits per heavy atom. The summed E-state index contributed by atoms with van der Waals surface area (Å²) < 4.78 is 26.6. The number of benzene rings is 1. The van der Waals surface area contributed by atoms with Crippen molar-refractivity contribution in [2.45, 2.75) is 25.7 Å². The lowest BCUT2D eigenvalue weighted by molar-refractivity contribution is 0.161. The molecule has 1 aliphatic heterocycles. The summed E-state index contributed by atoms with van der Waals surface area (Å²) in [7, 11) is -3.45. The smallest absolute Gasteiger partial charge is 0.243 e. The van der Waals surface area contributed by atoms with Gasteiger partial charge in [-0.25, -0.2) is 8.42 Å². The van der Waals surface area contributed by atoms with Crippen LogP contribution in [0.1, 0.15) is 19.4 Å². The molecule has 106 valence electrons. The van der Waals surface area contributed by atoms with Crippen molar-refractivity contribution in [3.8, 4) is 0 Å². The van der Waals surface area contributed by atoms with Crippen molar-refractivity contribution in [1.29, 1.82) is 0 Å². The third kappa shape index (κ3) is 2.68. The Morgan fingerprint density at radius 1 is 1.32 bits per heavy atom. The Labute approximate surface area is 115 Å². The Kier molecular flexibility index (Phi) is 3.73. The largest absolute Gasteiger partial charge is 0.396 e. The summed E-state index contributed by atoms with van der Waals surface area (Å²) in [4.78, 5) is 0.326. The molecule has 1 N–H and O–H groups in total. The highest BCUT2D eigenvalue weighted by molar-refractivity contribution is 7.89. The van der Waals surface area contributed by atoms with Gasteiger partial charge in [-0.05, 0) is 24.5 Å². The molecule has 1 unspecified atom stereocenters. The van der Waals surface area contributed by atoms with Crippen LogP contribution in [0.25, 0.3) is 0 Å². The number of sulfonamides is 1. The molecule has 4 nitrogen and oxygen atoms in total. The van der Waals surface area contributed by atoms with E-state index < -0.39 is 10.0 Å². The molecule has 1 aliphatic rings. The average Bonchev–Trinajstić information content (AvgIpc) is 2.65. The number of hydrogen-bond acceptors (Lipinski definition) is 3. The molecule has 1 aromatic rings. The SMILES string of the molecule is Cc1ccc(S(=O)(=O)N2CC(CO)C(C)(C)C2)cc1. The third-order valence-corrected chi connectivity index (χ3v) is 5.82. The molecule has 1 aromatic carbocycles. The van der Waals surface area contributed by atoms with Gasteiger partial charge in [-0.15, -0.1) is 0 Å². The molecule has 19 heavy (non-hydrogen) atoms. The van der Waals surface area contributed by atoms with E-state index in [0.717, 1.165) is 5.56 Å². The van der Waals surface area contributed by atoms with Gasteiger partial charge in [-0.3, -0.25) is 0 Å². The van der Waals surface area contributed by atoms with Crippen LogP contribution >= 0.6 is 0 Å². The number of rotatable bonds is 3. The maximum absolute atomic E-state index is 12.5. The van der Waals surface area contributed by atoms with Crippen LogP contribution in [0.2, 0.25) is 0 Å². The van der Waals surface area contributed by atoms with Crippen LogP contribution in [0.3, 0.4) is 0 Å². The Hall–Kier alpha value is -0.910. The molecule has 0 aromatic heterocycles.